The minimum Gasteiger partial charge on any atom is -0.392 e. The van der Waals surface area contributed by atoms with Crippen LogP contribution in [0.15, 0.2) is 12.1 Å². The van der Waals surface area contributed by atoms with Gasteiger partial charge < -0.3 is 16.6 Å². The summed E-state index contributed by atoms with van der Waals surface area (Å²) in [5, 5.41) is 9.06. The van der Waals surface area contributed by atoms with Crippen molar-refractivity contribution in [3.63, 3.8) is 0 Å². The zero-order chi connectivity index (χ0) is 10.7. The Labute approximate surface area is 82.5 Å². The quantitative estimate of drug-likeness (QED) is 0.665. The van der Waals surface area contributed by atoms with Gasteiger partial charge in [-0.15, -0.1) is 0 Å². The van der Waals surface area contributed by atoms with Crippen molar-refractivity contribution in [1.29, 1.82) is 0 Å². The van der Waals surface area contributed by atoms with E-state index in [2.05, 4.69) is 0 Å². The molecule has 5 N–H and O–H groups in total. The smallest absolute Gasteiger partial charge is 0.126 e. The van der Waals surface area contributed by atoms with Crippen LogP contribution in [0, 0.1) is 12.7 Å². The molecule has 0 aliphatic heterocycles. The SMILES string of the molecule is Cc1cc(CO)c(C(N)CN)cc1F. The molecule has 0 amide bonds. The van der Waals surface area contributed by atoms with Gasteiger partial charge in [0.1, 0.15) is 5.82 Å². The van der Waals surface area contributed by atoms with Crippen molar-refractivity contribution in [3.05, 3.63) is 34.6 Å². The highest BCUT2D eigenvalue weighted by atomic mass is 19.1. The molecule has 0 spiro atoms. The minimum atomic E-state index is -0.424. The summed E-state index contributed by atoms with van der Waals surface area (Å²) in [6, 6.07) is 2.52. The van der Waals surface area contributed by atoms with Crippen LogP contribution in [0.1, 0.15) is 22.7 Å². The Bertz CT molecular complexity index is 328. The Morgan fingerprint density at radius 3 is 2.64 bits per heavy atom. The molecular formula is C10H15FN2O. The van der Waals surface area contributed by atoms with E-state index >= 15 is 0 Å². The number of rotatable bonds is 3. The molecule has 14 heavy (non-hydrogen) atoms. The monoisotopic (exact) mass is 198 g/mol. The van der Waals surface area contributed by atoms with Crippen LogP contribution in [-0.2, 0) is 6.61 Å². The zero-order valence-electron chi connectivity index (χ0n) is 8.13. The summed E-state index contributed by atoms with van der Waals surface area (Å²) in [5.41, 5.74) is 12.8. The van der Waals surface area contributed by atoms with Crippen LogP contribution in [0.25, 0.3) is 0 Å². The lowest BCUT2D eigenvalue weighted by atomic mass is 9.99. The molecule has 1 aromatic rings. The third kappa shape index (κ3) is 2.09. The van der Waals surface area contributed by atoms with Crippen LogP contribution in [0.4, 0.5) is 4.39 Å². The summed E-state index contributed by atoms with van der Waals surface area (Å²) in [5.74, 6) is -0.318. The van der Waals surface area contributed by atoms with Gasteiger partial charge in [0, 0.05) is 12.6 Å². The number of hydrogen-bond donors (Lipinski definition) is 3. The second-order valence-corrected chi connectivity index (χ2v) is 3.30. The number of aliphatic hydroxyl groups excluding tert-OH is 1. The molecule has 0 saturated carbocycles. The molecule has 1 atom stereocenters. The molecule has 0 aliphatic rings. The molecule has 1 rings (SSSR count). The molecule has 0 aromatic heterocycles. The predicted molar refractivity (Wildman–Crippen MR) is 53.0 cm³/mol. The topological polar surface area (TPSA) is 72.3 Å². The van der Waals surface area contributed by atoms with E-state index in [4.69, 9.17) is 16.6 Å². The van der Waals surface area contributed by atoms with Crippen molar-refractivity contribution < 1.29 is 9.50 Å². The van der Waals surface area contributed by atoms with Crippen molar-refractivity contribution >= 4 is 0 Å². The first-order valence-electron chi connectivity index (χ1n) is 4.45. The molecule has 0 radical (unpaired) electrons. The van der Waals surface area contributed by atoms with Gasteiger partial charge in [0.15, 0.2) is 0 Å². The number of benzene rings is 1. The summed E-state index contributed by atoms with van der Waals surface area (Å²) in [6.07, 6.45) is 0. The van der Waals surface area contributed by atoms with Crippen LogP contribution in [0.2, 0.25) is 0 Å². The molecule has 78 valence electrons. The van der Waals surface area contributed by atoms with E-state index in [0.717, 1.165) is 0 Å². The first-order valence-corrected chi connectivity index (χ1v) is 4.45. The molecule has 1 unspecified atom stereocenters. The Morgan fingerprint density at radius 1 is 1.50 bits per heavy atom. The Morgan fingerprint density at radius 2 is 2.14 bits per heavy atom. The maximum Gasteiger partial charge on any atom is 0.126 e. The van der Waals surface area contributed by atoms with E-state index in [-0.39, 0.29) is 19.0 Å². The van der Waals surface area contributed by atoms with Gasteiger partial charge in [-0.3, -0.25) is 0 Å². The van der Waals surface area contributed by atoms with Gasteiger partial charge in [-0.1, -0.05) is 6.07 Å². The second kappa shape index (κ2) is 4.50. The maximum absolute atomic E-state index is 13.2. The predicted octanol–water partition coefficient (Wildman–Crippen LogP) is 0.585. The number of aryl methyl sites for hydroxylation is 1. The van der Waals surface area contributed by atoms with Crippen molar-refractivity contribution in [2.24, 2.45) is 11.5 Å². The fourth-order valence-electron chi connectivity index (χ4n) is 1.37. The Balaban J connectivity index is 3.19. The summed E-state index contributed by atoms with van der Waals surface area (Å²) in [4.78, 5) is 0. The number of aliphatic hydroxyl groups is 1. The van der Waals surface area contributed by atoms with Crippen molar-refractivity contribution in [3.8, 4) is 0 Å². The molecule has 0 aliphatic carbocycles. The summed E-state index contributed by atoms with van der Waals surface area (Å²) in [6.45, 7) is 1.73. The van der Waals surface area contributed by atoms with Gasteiger partial charge in [-0.25, -0.2) is 4.39 Å². The highest BCUT2D eigenvalue weighted by Crippen LogP contribution is 2.20. The van der Waals surface area contributed by atoms with Gasteiger partial charge in [0.2, 0.25) is 0 Å². The van der Waals surface area contributed by atoms with Crippen LogP contribution >= 0.6 is 0 Å². The van der Waals surface area contributed by atoms with Gasteiger partial charge in [-0.05, 0) is 29.7 Å². The highest BCUT2D eigenvalue weighted by Gasteiger charge is 2.12. The molecule has 1 aromatic carbocycles. The minimum absolute atomic E-state index is 0.149. The highest BCUT2D eigenvalue weighted by molar-refractivity contribution is 5.34. The molecular weight excluding hydrogens is 183 g/mol. The Kier molecular flexibility index (Phi) is 3.57. The van der Waals surface area contributed by atoms with Crippen molar-refractivity contribution in [2.45, 2.75) is 19.6 Å². The van der Waals surface area contributed by atoms with Crippen LogP contribution < -0.4 is 11.5 Å². The average Bonchev–Trinajstić information content (AvgIpc) is 2.20. The summed E-state index contributed by atoms with van der Waals surface area (Å²) < 4.78 is 13.2. The number of nitrogens with two attached hydrogens (primary N) is 2. The lowest BCUT2D eigenvalue weighted by molar-refractivity contribution is 0.279. The fourth-order valence-corrected chi connectivity index (χ4v) is 1.37. The van der Waals surface area contributed by atoms with Gasteiger partial charge >= 0.3 is 0 Å². The van der Waals surface area contributed by atoms with Crippen LogP contribution in [-0.4, -0.2) is 11.7 Å². The Hall–Kier alpha value is -0.970. The van der Waals surface area contributed by atoms with Gasteiger partial charge in [0.25, 0.3) is 0 Å². The average molecular weight is 198 g/mol. The summed E-state index contributed by atoms with van der Waals surface area (Å²) >= 11 is 0. The maximum atomic E-state index is 13.2. The molecule has 0 heterocycles. The van der Waals surface area contributed by atoms with E-state index in [1.807, 2.05) is 0 Å². The lowest BCUT2D eigenvalue weighted by Gasteiger charge is -2.14. The lowest BCUT2D eigenvalue weighted by Crippen LogP contribution is -2.22. The summed E-state index contributed by atoms with van der Waals surface area (Å²) in [7, 11) is 0. The second-order valence-electron chi connectivity index (χ2n) is 3.30. The van der Waals surface area contributed by atoms with Gasteiger partial charge in [0.05, 0.1) is 6.61 Å². The van der Waals surface area contributed by atoms with E-state index in [9.17, 15) is 4.39 Å². The zero-order valence-corrected chi connectivity index (χ0v) is 8.13. The van der Waals surface area contributed by atoms with E-state index in [1.165, 1.54) is 6.07 Å². The number of halogens is 1. The largest absolute Gasteiger partial charge is 0.392 e. The molecule has 0 saturated heterocycles. The van der Waals surface area contributed by atoms with E-state index in [1.54, 1.807) is 13.0 Å². The first-order chi connectivity index (χ1) is 6.60. The van der Waals surface area contributed by atoms with E-state index in [0.29, 0.717) is 16.7 Å². The fraction of sp³-hybridized carbons (Fsp3) is 0.400. The standard InChI is InChI=1S/C10H15FN2O/c1-6-2-7(5-14)8(3-9(6)11)10(13)4-12/h2-3,10,14H,4-5,12-13H2,1H3. The van der Waals surface area contributed by atoms with E-state index < -0.39 is 6.04 Å². The third-order valence-electron chi connectivity index (χ3n) is 2.24. The molecule has 4 heteroatoms. The number of hydrogen-bond acceptors (Lipinski definition) is 3. The van der Waals surface area contributed by atoms with Crippen LogP contribution in [0.5, 0.6) is 0 Å². The van der Waals surface area contributed by atoms with Crippen molar-refractivity contribution in [1.82, 2.24) is 0 Å². The van der Waals surface area contributed by atoms with Crippen LogP contribution in [0.3, 0.4) is 0 Å². The first kappa shape index (κ1) is 11.1. The third-order valence-corrected chi connectivity index (χ3v) is 2.24. The molecule has 0 fully saturated rings. The van der Waals surface area contributed by atoms with Gasteiger partial charge in [-0.2, -0.15) is 0 Å². The normalized spacial score (nSPS) is 12.9. The molecule has 3 nitrogen and oxygen atoms in total. The molecule has 0 bridgehead atoms. The van der Waals surface area contributed by atoms with Crippen molar-refractivity contribution in [2.75, 3.05) is 6.54 Å².